The summed E-state index contributed by atoms with van der Waals surface area (Å²) in [6, 6.07) is 0. The van der Waals surface area contributed by atoms with Crippen LogP contribution in [0.2, 0.25) is 36.3 Å². The molecule has 0 aromatic heterocycles. The van der Waals surface area contributed by atoms with Crippen molar-refractivity contribution in [1.29, 1.82) is 0 Å². The summed E-state index contributed by atoms with van der Waals surface area (Å²) in [5.74, 6) is -0.783. The number of aliphatic hydroxyl groups is 1. The lowest BCUT2D eigenvalue weighted by molar-refractivity contribution is -0.754. The van der Waals surface area contributed by atoms with Gasteiger partial charge in [0, 0.05) is 0 Å². The van der Waals surface area contributed by atoms with Crippen molar-refractivity contribution < 1.29 is 38.2 Å². The zero-order chi connectivity index (χ0) is 32.4. The predicted molar refractivity (Wildman–Crippen MR) is 169 cm³/mol. The molecular weight excluding hydrogens is 642 g/mol. The molecule has 0 aliphatic carbocycles. The Balaban J connectivity index is -0.000000617. The van der Waals surface area contributed by atoms with E-state index in [-0.39, 0.29) is 26.8 Å². The van der Waals surface area contributed by atoms with Gasteiger partial charge in [-0.3, -0.25) is 4.79 Å². The van der Waals surface area contributed by atoms with E-state index in [1.807, 2.05) is 6.08 Å². The second-order valence-corrected chi connectivity index (χ2v) is 22.5. The van der Waals surface area contributed by atoms with Gasteiger partial charge in [-0.1, -0.05) is 75.7 Å². The smallest absolute Gasteiger partial charge is 0.332 e. The minimum Gasteiger partial charge on any atom is -0.457 e. The highest BCUT2D eigenvalue weighted by Gasteiger charge is 2.37. The molecule has 0 fully saturated rings. The number of ether oxygens (including phenoxy) is 1. The maximum absolute atomic E-state index is 11.2. The minimum atomic E-state index is -1.79. The zero-order valence-electron chi connectivity index (χ0n) is 26.2. The van der Waals surface area contributed by atoms with Crippen LogP contribution in [0.4, 0.5) is 0 Å². The number of hydrogen-bond donors (Lipinski definition) is 1. The molecule has 14 heteroatoms. The molecule has 0 aromatic carbocycles. The van der Waals surface area contributed by atoms with E-state index in [0.29, 0.717) is 13.2 Å². The van der Waals surface area contributed by atoms with Crippen LogP contribution in [0.1, 0.15) is 55.4 Å². The highest BCUT2D eigenvalue weighted by molar-refractivity contribution is 9.09. The van der Waals surface area contributed by atoms with Crippen LogP contribution in [-0.2, 0) is 28.0 Å². The molecule has 0 aliphatic rings. The average Bonchev–Trinajstić information content (AvgIpc) is 2.77. The lowest BCUT2D eigenvalue weighted by atomic mass is 10.2. The largest absolute Gasteiger partial charge is 0.457 e. The van der Waals surface area contributed by atoms with E-state index < -0.39 is 40.4 Å². The highest BCUT2D eigenvalue weighted by atomic mass is 79.9. The van der Waals surface area contributed by atoms with Crippen LogP contribution in [0, 0.1) is 10.1 Å². The molecule has 0 aliphatic heterocycles. The quantitative estimate of drug-likeness (QED) is 0.0421. The Morgan fingerprint density at radius 3 is 1.62 bits per heavy atom. The molecule has 0 amide bonds. The van der Waals surface area contributed by atoms with Gasteiger partial charge in [-0.15, -0.1) is 10.1 Å². The van der Waals surface area contributed by atoms with Crippen molar-refractivity contribution in [3.8, 4) is 0 Å². The Labute approximate surface area is 256 Å². The van der Waals surface area contributed by atoms with Gasteiger partial charge < -0.3 is 23.5 Å². The maximum Gasteiger partial charge on any atom is 0.332 e. The van der Waals surface area contributed by atoms with Crippen LogP contribution < -0.4 is 0 Å². The van der Waals surface area contributed by atoms with Crippen molar-refractivity contribution in [2.45, 2.75) is 104 Å². The van der Waals surface area contributed by atoms with Gasteiger partial charge in [-0.25, -0.2) is 4.79 Å². The zero-order valence-corrected chi connectivity index (χ0v) is 30.6. The number of alkyl halides is 1. The second-order valence-electron chi connectivity index (χ2n) is 11.9. The van der Waals surface area contributed by atoms with E-state index in [1.165, 1.54) is 0 Å². The molecule has 0 saturated heterocycles. The van der Waals surface area contributed by atoms with E-state index in [4.69, 9.17) is 30.3 Å². The summed E-state index contributed by atoms with van der Waals surface area (Å²) in [4.78, 5) is 34.5. The molecule has 1 N–H and O–H groups in total. The monoisotopic (exact) mass is 691 g/mol. The van der Waals surface area contributed by atoms with Gasteiger partial charge in [0.15, 0.2) is 23.2 Å². The maximum atomic E-state index is 11.2. The van der Waals surface area contributed by atoms with Crippen LogP contribution in [0.15, 0.2) is 24.3 Å². The van der Waals surface area contributed by atoms with Crippen LogP contribution in [0.25, 0.3) is 0 Å². The van der Waals surface area contributed by atoms with Crippen molar-refractivity contribution in [1.82, 2.24) is 0 Å². The number of nitrogens with zero attached hydrogens (tertiary/aromatic N) is 1. The molecule has 236 valence electrons. The average molecular weight is 693 g/mol. The van der Waals surface area contributed by atoms with E-state index in [9.17, 15) is 19.7 Å². The molecule has 0 rings (SSSR count). The summed E-state index contributed by atoms with van der Waals surface area (Å²) in [7, 11) is -3.40. The first-order valence-electron chi connectivity index (χ1n) is 12.9. The number of aliphatic hydroxyl groups excluding tert-OH is 1. The number of hydrogen-bond acceptors (Lipinski definition) is 9. The fraction of sp³-hybridized carbons (Fsp3) is 0.769. The Morgan fingerprint density at radius 2 is 1.32 bits per heavy atom. The van der Waals surface area contributed by atoms with E-state index >= 15 is 0 Å². The Hall–Kier alpha value is -1.10. The van der Waals surface area contributed by atoms with Crippen LogP contribution in [0.5, 0.6) is 0 Å². The van der Waals surface area contributed by atoms with Gasteiger partial charge >= 0.3 is 5.97 Å². The summed E-state index contributed by atoms with van der Waals surface area (Å²) < 4.78 is 16.7. The van der Waals surface area contributed by atoms with E-state index in [0.717, 1.165) is 0 Å². The fourth-order valence-electron chi connectivity index (χ4n) is 1.83. The second kappa shape index (κ2) is 20.7. The molecule has 2 atom stereocenters. The standard InChI is InChI=1S/C13H25NO6Si.C11H24O2Si.C2H2BrClO/c1-11(20-12(15)10-18-14(16)17)8-7-9-19-21(5,6)13(2,3)4;1-10(12)8-7-9-13-14(5,6)11(2,3)4;3-1-2(4)5/h7-8,11H,9-10H2,1-6H3;7-8,10,12H,9H2,1-6H3;1H2/b2*8-7-;/t11-;10-;/m00./s1. The lowest BCUT2D eigenvalue weighted by Crippen LogP contribution is -2.40. The highest BCUT2D eigenvalue weighted by Crippen LogP contribution is 2.37. The summed E-state index contributed by atoms with van der Waals surface area (Å²) in [5.41, 5.74) is 0. The Kier molecular flexibility index (Phi) is 22.5. The van der Waals surface area contributed by atoms with Crippen molar-refractivity contribution in [2.24, 2.45) is 0 Å². The van der Waals surface area contributed by atoms with Crippen LogP contribution in [-0.4, -0.2) is 75.4 Å². The number of carbonyl (C=O) groups excluding carboxylic acids is 2. The summed E-state index contributed by atoms with van der Waals surface area (Å²) >= 11 is 7.61. The number of carbonyl (C=O) groups is 2. The lowest BCUT2D eigenvalue weighted by Gasteiger charge is -2.35. The molecule has 0 spiro atoms. The van der Waals surface area contributed by atoms with E-state index in [1.54, 1.807) is 32.1 Å². The summed E-state index contributed by atoms with van der Waals surface area (Å²) in [6.07, 6.45) is 6.25. The van der Waals surface area contributed by atoms with Crippen molar-refractivity contribution in [3.63, 3.8) is 0 Å². The van der Waals surface area contributed by atoms with Crippen molar-refractivity contribution in [2.75, 3.05) is 25.2 Å². The van der Waals surface area contributed by atoms with Crippen LogP contribution in [0.3, 0.4) is 0 Å². The molecule has 0 aromatic rings. The molecule has 0 unspecified atom stereocenters. The number of rotatable bonds is 13. The van der Waals surface area contributed by atoms with Crippen LogP contribution >= 0.6 is 27.5 Å². The topological polar surface area (TPSA) is 134 Å². The molecular formula is C26H51BrClNO9Si2. The molecule has 0 radical (unpaired) electrons. The third kappa shape index (κ3) is 24.7. The third-order valence-corrected chi connectivity index (χ3v) is 16.2. The normalized spacial score (nSPS) is 14.0. The Bertz CT molecular complexity index is 809. The summed E-state index contributed by atoms with van der Waals surface area (Å²) in [5, 5.41) is 18.2. The third-order valence-electron chi connectivity index (χ3n) is 6.23. The SMILES string of the molecule is C[C@@H](/C=C\CO[Si](C)(C)C(C)(C)C)OC(=O)CO[N+](=O)[O-].C[C@H](O)/C=C\CO[Si](C)(C)C(C)(C)C.O=C(Cl)CBr. The first-order valence-corrected chi connectivity index (χ1v) is 20.2. The Morgan fingerprint density at radius 1 is 0.950 bits per heavy atom. The van der Waals surface area contributed by atoms with Gasteiger partial charge in [0.1, 0.15) is 6.10 Å². The molecule has 0 heterocycles. The molecule has 40 heavy (non-hydrogen) atoms. The summed E-state index contributed by atoms with van der Waals surface area (Å²) in [6.45, 7) is 25.6. The first kappa shape index (κ1) is 43.4. The number of esters is 1. The van der Waals surface area contributed by atoms with Crippen molar-refractivity contribution >= 4 is 55.4 Å². The van der Waals surface area contributed by atoms with Gasteiger partial charge in [0.2, 0.25) is 5.24 Å². The van der Waals surface area contributed by atoms with Gasteiger partial charge in [0.25, 0.3) is 5.09 Å². The minimum absolute atomic E-state index is 0.138. The fourth-order valence-corrected chi connectivity index (χ4v) is 3.72. The number of halogens is 2. The first-order chi connectivity index (χ1) is 17.9. The molecule has 0 saturated carbocycles. The van der Waals surface area contributed by atoms with E-state index in [2.05, 4.69) is 88.5 Å². The molecule has 10 nitrogen and oxygen atoms in total. The predicted octanol–water partition coefficient (Wildman–Crippen LogP) is 6.80. The molecule has 0 bridgehead atoms. The van der Waals surface area contributed by atoms with Crippen molar-refractivity contribution in [3.05, 3.63) is 34.4 Å². The van der Waals surface area contributed by atoms with Gasteiger partial charge in [-0.2, -0.15) is 0 Å². The van der Waals surface area contributed by atoms with Gasteiger partial charge in [-0.05, 0) is 67.8 Å². The van der Waals surface area contributed by atoms with Gasteiger partial charge in [0.05, 0.1) is 24.6 Å².